The average Bonchev–Trinajstić information content (AvgIpc) is 3.36. The van der Waals surface area contributed by atoms with Gasteiger partial charge in [-0.25, -0.2) is 4.98 Å². The maximum absolute atomic E-state index is 12.9. The van der Waals surface area contributed by atoms with E-state index in [0.29, 0.717) is 17.0 Å². The van der Waals surface area contributed by atoms with Crippen molar-refractivity contribution in [1.29, 1.82) is 0 Å². The number of rotatable bonds is 4. The number of carbonyl (C=O) groups is 1. The number of ether oxygens (including phenoxy) is 1. The minimum Gasteiger partial charge on any atom is -0.493 e. The predicted molar refractivity (Wildman–Crippen MR) is 122 cm³/mol. The van der Waals surface area contributed by atoms with Gasteiger partial charge in [0.1, 0.15) is 16.3 Å². The minimum absolute atomic E-state index is 0.0889. The Hall–Kier alpha value is -2.90. The average molecular weight is 437 g/mol. The van der Waals surface area contributed by atoms with E-state index >= 15 is 0 Å². The number of methoxy groups -OCH3 is 1. The molecule has 0 bridgehead atoms. The molecular weight excluding hydrogens is 412 g/mol. The topological polar surface area (TPSA) is 84.6 Å². The van der Waals surface area contributed by atoms with Crippen molar-refractivity contribution in [2.75, 3.05) is 7.11 Å². The third-order valence-electron chi connectivity index (χ3n) is 5.98. The number of fused-ring (bicyclic) bond motifs is 3. The van der Waals surface area contributed by atoms with E-state index in [1.807, 2.05) is 43.3 Å². The molecule has 5 rings (SSSR count). The molecule has 2 N–H and O–H groups in total. The Morgan fingerprint density at radius 2 is 1.97 bits per heavy atom. The fraction of sp³-hybridized carbons (Fsp3) is 0.333. The quantitative estimate of drug-likeness (QED) is 0.467. The van der Waals surface area contributed by atoms with Crippen molar-refractivity contribution in [3.05, 3.63) is 47.0 Å². The van der Waals surface area contributed by atoms with Crippen LogP contribution >= 0.6 is 11.3 Å². The lowest BCUT2D eigenvalue weighted by Crippen LogP contribution is -2.38. The van der Waals surface area contributed by atoms with Gasteiger partial charge in [-0.1, -0.05) is 18.2 Å². The highest BCUT2D eigenvalue weighted by atomic mass is 32.1. The Morgan fingerprint density at radius 1 is 1.19 bits per heavy atom. The molecule has 0 atom stereocenters. The van der Waals surface area contributed by atoms with Crippen LogP contribution in [0.4, 0.5) is 0 Å². The molecule has 0 spiro atoms. The highest BCUT2D eigenvalue weighted by Gasteiger charge is 2.25. The summed E-state index contributed by atoms with van der Waals surface area (Å²) in [5, 5.41) is 15.5. The molecular formula is C24H24N2O4S. The molecule has 31 heavy (non-hydrogen) atoms. The molecule has 0 saturated heterocycles. The number of hydrogen-bond acceptors (Lipinski definition) is 6. The third kappa shape index (κ3) is 3.58. The summed E-state index contributed by atoms with van der Waals surface area (Å²) in [5.41, 5.74) is 2.85. The number of furan rings is 1. The molecule has 1 aliphatic carbocycles. The Bertz CT molecular complexity index is 1270. The number of amides is 1. The van der Waals surface area contributed by atoms with Crippen LogP contribution in [-0.2, 0) is 0 Å². The molecule has 1 aliphatic rings. The molecule has 160 valence electrons. The molecule has 1 amide bonds. The lowest BCUT2D eigenvalue weighted by atomic mass is 9.93. The van der Waals surface area contributed by atoms with Crippen molar-refractivity contribution in [3.8, 4) is 16.3 Å². The SMILES string of the molecule is COc1ccc(-c2nc(C(=O)NC3CCC(O)CC3)c(C)s2)c2c1oc1ccccc12. The monoisotopic (exact) mass is 436 g/mol. The van der Waals surface area contributed by atoms with E-state index in [1.165, 1.54) is 11.3 Å². The number of nitrogens with zero attached hydrogens (tertiary/aromatic N) is 1. The number of hydrogen-bond donors (Lipinski definition) is 2. The molecule has 2 heterocycles. The largest absolute Gasteiger partial charge is 0.493 e. The number of aryl methyl sites for hydroxylation is 1. The molecule has 2 aromatic heterocycles. The number of nitrogens with one attached hydrogen (secondary N) is 1. The fourth-order valence-corrected chi connectivity index (χ4v) is 5.28. The van der Waals surface area contributed by atoms with Crippen LogP contribution in [0.3, 0.4) is 0 Å². The fourth-order valence-electron chi connectivity index (χ4n) is 4.34. The number of aliphatic hydroxyl groups is 1. The minimum atomic E-state index is -0.247. The first-order valence-electron chi connectivity index (χ1n) is 10.5. The lowest BCUT2D eigenvalue weighted by Gasteiger charge is -2.25. The van der Waals surface area contributed by atoms with E-state index < -0.39 is 0 Å². The highest BCUT2D eigenvalue weighted by Crippen LogP contribution is 2.42. The number of para-hydroxylation sites is 1. The molecule has 0 radical (unpaired) electrons. The predicted octanol–water partition coefficient (Wildman–Crippen LogP) is 5.06. The number of carbonyl (C=O) groups excluding carboxylic acids is 1. The zero-order valence-corrected chi connectivity index (χ0v) is 18.3. The second kappa shape index (κ2) is 7.98. The number of aromatic nitrogens is 1. The van der Waals surface area contributed by atoms with Gasteiger partial charge in [-0.3, -0.25) is 4.79 Å². The van der Waals surface area contributed by atoms with Crippen molar-refractivity contribution in [2.45, 2.75) is 44.8 Å². The zero-order chi connectivity index (χ0) is 21.5. The smallest absolute Gasteiger partial charge is 0.271 e. The molecule has 6 nitrogen and oxygen atoms in total. The van der Waals surface area contributed by atoms with Gasteiger partial charge in [0.25, 0.3) is 5.91 Å². The Balaban J connectivity index is 1.54. The summed E-state index contributed by atoms with van der Waals surface area (Å²) in [4.78, 5) is 18.5. The van der Waals surface area contributed by atoms with Crippen molar-refractivity contribution in [1.82, 2.24) is 10.3 Å². The van der Waals surface area contributed by atoms with Gasteiger partial charge in [0.15, 0.2) is 11.3 Å². The number of thiazole rings is 1. The number of benzene rings is 2. The summed E-state index contributed by atoms with van der Waals surface area (Å²) in [6.45, 7) is 1.93. The molecule has 1 saturated carbocycles. The molecule has 1 fully saturated rings. The van der Waals surface area contributed by atoms with Crippen LogP contribution in [0.15, 0.2) is 40.8 Å². The van der Waals surface area contributed by atoms with Crippen LogP contribution in [-0.4, -0.2) is 35.3 Å². The Morgan fingerprint density at radius 3 is 2.74 bits per heavy atom. The van der Waals surface area contributed by atoms with E-state index in [-0.39, 0.29) is 18.1 Å². The van der Waals surface area contributed by atoms with Crippen LogP contribution in [0.5, 0.6) is 5.75 Å². The van der Waals surface area contributed by atoms with E-state index in [2.05, 4.69) is 5.32 Å². The van der Waals surface area contributed by atoms with E-state index in [1.54, 1.807) is 7.11 Å². The first-order chi connectivity index (χ1) is 15.0. The summed E-state index contributed by atoms with van der Waals surface area (Å²) in [6, 6.07) is 11.8. The summed E-state index contributed by atoms with van der Waals surface area (Å²) in [7, 11) is 1.63. The van der Waals surface area contributed by atoms with Crippen LogP contribution in [0, 0.1) is 6.92 Å². The second-order valence-corrected chi connectivity index (χ2v) is 9.22. The van der Waals surface area contributed by atoms with Crippen LogP contribution in [0.1, 0.15) is 41.0 Å². The van der Waals surface area contributed by atoms with Gasteiger partial charge < -0.3 is 19.6 Å². The van der Waals surface area contributed by atoms with Crippen molar-refractivity contribution in [2.24, 2.45) is 0 Å². The van der Waals surface area contributed by atoms with Crippen molar-refractivity contribution >= 4 is 39.2 Å². The van der Waals surface area contributed by atoms with Gasteiger partial charge in [-0.2, -0.15) is 0 Å². The first kappa shape index (κ1) is 20.0. The van der Waals surface area contributed by atoms with E-state index in [0.717, 1.165) is 57.5 Å². The summed E-state index contributed by atoms with van der Waals surface area (Å²) >= 11 is 1.50. The van der Waals surface area contributed by atoms with E-state index in [9.17, 15) is 9.90 Å². The highest BCUT2D eigenvalue weighted by molar-refractivity contribution is 7.15. The number of aliphatic hydroxyl groups excluding tert-OH is 1. The van der Waals surface area contributed by atoms with E-state index in [4.69, 9.17) is 14.1 Å². The van der Waals surface area contributed by atoms with Crippen molar-refractivity contribution in [3.63, 3.8) is 0 Å². The maximum atomic E-state index is 12.9. The van der Waals surface area contributed by atoms with Gasteiger partial charge in [-0.15, -0.1) is 11.3 Å². The maximum Gasteiger partial charge on any atom is 0.271 e. The van der Waals surface area contributed by atoms with Crippen LogP contribution in [0.2, 0.25) is 0 Å². The Labute approximate surface area is 183 Å². The zero-order valence-electron chi connectivity index (χ0n) is 17.5. The molecule has 2 aromatic carbocycles. The van der Waals surface area contributed by atoms with Gasteiger partial charge in [0.2, 0.25) is 0 Å². The second-order valence-electron chi connectivity index (χ2n) is 8.02. The van der Waals surface area contributed by atoms with Gasteiger partial charge >= 0.3 is 0 Å². The van der Waals surface area contributed by atoms with Crippen molar-refractivity contribution < 1.29 is 19.1 Å². The van der Waals surface area contributed by atoms with Gasteiger partial charge in [0.05, 0.1) is 13.2 Å². The summed E-state index contributed by atoms with van der Waals surface area (Å²) in [6.07, 6.45) is 2.79. The standard InChI is InChI=1S/C24H24N2O4S/c1-13-21(23(28)25-14-7-9-15(27)10-8-14)26-24(31-13)17-11-12-19(29-2)22-20(17)16-5-3-4-6-18(16)30-22/h3-6,11-12,14-15,27H,7-10H2,1-2H3,(H,25,28). The van der Waals surface area contributed by atoms with Gasteiger partial charge in [0, 0.05) is 27.3 Å². The molecule has 7 heteroatoms. The molecule has 4 aromatic rings. The van der Waals surface area contributed by atoms with Crippen LogP contribution in [0.25, 0.3) is 32.5 Å². The summed E-state index contributed by atoms with van der Waals surface area (Å²) < 4.78 is 11.6. The third-order valence-corrected chi connectivity index (χ3v) is 6.99. The van der Waals surface area contributed by atoms with Crippen LogP contribution < -0.4 is 10.1 Å². The summed E-state index contributed by atoms with van der Waals surface area (Å²) in [5.74, 6) is 0.517. The molecule has 0 unspecified atom stereocenters. The normalized spacial score (nSPS) is 19.1. The first-order valence-corrected chi connectivity index (χ1v) is 11.3. The molecule has 0 aliphatic heterocycles. The lowest BCUT2D eigenvalue weighted by molar-refractivity contribution is 0.0863. The van der Waals surface area contributed by atoms with Gasteiger partial charge in [-0.05, 0) is 50.8 Å². The Kier molecular flexibility index (Phi) is 5.16.